The van der Waals surface area contributed by atoms with Gasteiger partial charge in [0.1, 0.15) is 11.6 Å². The van der Waals surface area contributed by atoms with E-state index in [0.29, 0.717) is 11.8 Å². The fourth-order valence-corrected chi connectivity index (χ4v) is 20.8. The number of aromatic nitrogens is 8. The van der Waals surface area contributed by atoms with E-state index in [1.54, 1.807) is 12.4 Å². The molecule has 0 aliphatic heterocycles. The Bertz CT molecular complexity index is 4560. The summed E-state index contributed by atoms with van der Waals surface area (Å²) >= 11 is 0. The Balaban J connectivity index is 0.000000106. The summed E-state index contributed by atoms with van der Waals surface area (Å²) in [6.07, 6.45) is 34.0. The molecule has 6 heterocycles. The highest BCUT2D eigenvalue weighted by molar-refractivity contribution is 5.78. The predicted molar refractivity (Wildman–Crippen MR) is 442 cm³/mol. The summed E-state index contributed by atoms with van der Waals surface area (Å²) < 4.78 is 0. The van der Waals surface area contributed by atoms with Crippen LogP contribution in [0.2, 0.25) is 0 Å². The van der Waals surface area contributed by atoms with Crippen LogP contribution in [-0.2, 0) is 10.8 Å². The van der Waals surface area contributed by atoms with Gasteiger partial charge in [-0.3, -0.25) is 15.0 Å². The van der Waals surface area contributed by atoms with Gasteiger partial charge in [0, 0.05) is 63.1 Å². The summed E-state index contributed by atoms with van der Waals surface area (Å²) in [5.41, 5.74) is 24.6. The maximum Gasteiger partial charge on any atom is 0.163 e. The minimum absolute atomic E-state index is 0.230. The fraction of sp³-hybridized carbons (Fsp3) is 0.360. The van der Waals surface area contributed by atoms with Gasteiger partial charge in [-0.25, -0.2) is 24.9 Å². The van der Waals surface area contributed by atoms with E-state index in [0.717, 1.165) is 97.7 Å². The van der Waals surface area contributed by atoms with Crippen LogP contribution in [0.3, 0.4) is 0 Å². The molecule has 0 amide bonds. The first-order valence-electron chi connectivity index (χ1n) is 41.0. The van der Waals surface area contributed by atoms with Crippen LogP contribution in [0.5, 0.6) is 0 Å². The van der Waals surface area contributed by atoms with E-state index in [2.05, 4.69) is 220 Å². The standard InChI is InChI=1S/C30H37N3.C24H31N.C24H19N.C22H17N3/c1-18-2-4-25(5-3-18)26-31-27(29-12-19-6-20(13-29)8-21(7-19)14-29)33-28(32-26)30-15-22-9-23(16-30)11-24(10-22)17-30;1-18-12-14-19(15-13-18)22-16-23(20-8-4-2-5-9-20)25-24(17-22)21-10-6-3-7-11-21;1-18-12-14-21(15-13-18)24-17-22(19-8-4-2-5-9-19)16-23(25-24)20-10-6-3-7-11-20;1-16-8-10-17(11-9-16)18-14-21(19-6-2-4-12-23-19)25-22(15-18)20-7-3-5-13-24-20/h2-5,19-24H,6-17H2,1H3;12-17,20-21H,2-11H2,1H3;2-17H,1H3;2-15H,1H3. The zero-order chi connectivity index (χ0) is 73.0. The molecule has 544 valence electrons. The molecule has 10 fully saturated rings. The molecule has 10 saturated carbocycles. The van der Waals surface area contributed by atoms with Crippen LogP contribution in [0.1, 0.15) is 198 Å². The maximum absolute atomic E-state index is 5.53. The van der Waals surface area contributed by atoms with Crippen molar-refractivity contribution in [2.24, 2.45) is 35.5 Å². The Morgan fingerprint density at radius 1 is 0.250 bits per heavy atom. The van der Waals surface area contributed by atoms with E-state index in [1.165, 1.54) is 214 Å². The van der Waals surface area contributed by atoms with E-state index in [4.69, 9.17) is 29.9 Å². The molecule has 22 rings (SSSR count). The van der Waals surface area contributed by atoms with E-state index in [-0.39, 0.29) is 10.8 Å². The van der Waals surface area contributed by atoms with Crippen molar-refractivity contribution in [1.29, 1.82) is 0 Å². The molecule has 0 radical (unpaired) electrons. The lowest BCUT2D eigenvalue weighted by molar-refractivity contribution is -0.0155. The number of hydrogen-bond donors (Lipinski definition) is 0. The minimum Gasteiger partial charge on any atom is -0.257 e. The van der Waals surface area contributed by atoms with E-state index < -0.39 is 0 Å². The highest BCUT2D eigenvalue weighted by atomic mass is 15.1. The summed E-state index contributed by atoms with van der Waals surface area (Å²) in [4.78, 5) is 40.0. The smallest absolute Gasteiger partial charge is 0.163 e. The first-order valence-corrected chi connectivity index (χ1v) is 41.0. The molecule has 0 unspecified atom stereocenters. The lowest BCUT2D eigenvalue weighted by atomic mass is 9.49. The van der Waals surface area contributed by atoms with E-state index in [9.17, 15) is 0 Å². The zero-order valence-corrected chi connectivity index (χ0v) is 63.8. The normalized spacial score (nSPS) is 23.1. The van der Waals surface area contributed by atoms with Crippen LogP contribution >= 0.6 is 0 Å². The molecular weight excluding hydrogens is 1310 g/mol. The summed E-state index contributed by atoms with van der Waals surface area (Å²) in [5, 5.41) is 0. The molecule has 8 nitrogen and oxygen atoms in total. The summed E-state index contributed by atoms with van der Waals surface area (Å²) in [6.45, 7) is 8.53. The van der Waals surface area contributed by atoms with Crippen LogP contribution in [-0.4, -0.2) is 39.9 Å². The van der Waals surface area contributed by atoms with E-state index in [1.807, 2.05) is 48.5 Å². The SMILES string of the molecule is Cc1ccc(-c2cc(-c3ccccc3)cc(-c3ccccc3)n2)cc1.Cc1ccc(-c2cc(-c3ccccn3)nc(-c3ccccn3)c2)cc1.Cc1ccc(-c2cc(C3CCCCC3)nc(C3CCCCC3)c2)cc1.Cc1ccc(-c2nc(C34CC5CC(CC(C5)C3)C4)nc(C34CC5CC(CC(C5)C3)C4)n2)cc1. The van der Waals surface area contributed by atoms with Gasteiger partial charge in [0.15, 0.2) is 5.82 Å². The fourth-order valence-electron chi connectivity index (χ4n) is 20.8. The van der Waals surface area contributed by atoms with Gasteiger partial charge in [0.25, 0.3) is 0 Å². The predicted octanol–water partition coefficient (Wildman–Crippen LogP) is 25.5. The third-order valence-corrected chi connectivity index (χ3v) is 25.7. The number of benzene rings is 6. The minimum atomic E-state index is 0.230. The maximum atomic E-state index is 5.53. The Kier molecular flexibility index (Phi) is 20.9. The Labute approximate surface area is 641 Å². The van der Waals surface area contributed by atoms with Gasteiger partial charge >= 0.3 is 0 Å². The Morgan fingerprint density at radius 3 is 0.944 bits per heavy atom. The van der Waals surface area contributed by atoms with Crippen LogP contribution in [0.25, 0.3) is 90.1 Å². The van der Waals surface area contributed by atoms with Crippen molar-refractivity contribution in [3.63, 3.8) is 0 Å². The molecule has 6 aromatic heterocycles. The quantitative estimate of drug-likeness (QED) is 0.119. The van der Waals surface area contributed by atoms with Crippen molar-refractivity contribution in [3.8, 4) is 90.1 Å². The van der Waals surface area contributed by atoms with Crippen molar-refractivity contribution in [1.82, 2.24) is 39.9 Å². The van der Waals surface area contributed by atoms with Gasteiger partial charge in [-0.1, -0.05) is 231 Å². The Hall–Kier alpha value is -9.92. The van der Waals surface area contributed by atoms with Gasteiger partial charge in [-0.15, -0.1) is 0 Å². The van der Waals surface area contributed by atoms with Crippen LogP contribution in [0.4, 0.5) is 0 Å². The first kappa shape index (κ1) is 71.0. The zero-order valence-electron chi connectivity index (χ0n) is 63.8. The number of nitrogens with zero attached hydrogens (tertiary/aromatic N) is 8. The third kappa shape index (κ3) is 16.1. The molecular formula is C100H104N8. The highest BCUT2D eigenvalue weighted by Gasteiger charge is 2.56. The summed E-state index contributed by atoms with van der Waals surface area (Å²) in [6, 6.07) is 80.8. The lowest BCUT2D eigenvalue weighted by Gasteiger charge is -2.57. The van der Waals surface area contributed by atoms with Gasteiger partial charge in [-0.2, -0.15) is 0 Å². The molecule has 10 aliphatic carbocycles. The molecule has 0 atom stereocenters. The van der Waals surface area contributed by atoms with Crippen LogP contribution in [0.15, 0.2) is 243 Å². The van der Waals surface area contributed by atoms with Crippen molar-refractivity contribution < 1.29 is 0 Å². The van der Waals surface area contributed by atoms with Gasteiger partial charge in [0.2, 0.25) is 0 Å². The number of rotatable bonds is 12. The second kappa shape index (κ2) is 31.7. The Morgan fingerprint density at radius 2 is 0.565 bits per heavy atom. The molecule has 8 bridgehead atoms. The molecule has 12 aromatic rings. The number of aryl methyl sites for hydroxylation is 4. The molecule has 10 aliphatic rings. The van der Waals surface area contributed by atoms with Crippen molar-refractivity contribution in [2.75, 3.05) is 0 Å². The van der Waals surface area contributed by atoms with Crippen LogP contribution < -0.4 is 0 Å². The summed E-state index contributed by atoms with van der Waals surface area (Å²) in [7, 11) is 0. The third-order valence-electron chi connectivity index (χ3n) is 25.7. The highest BCUT2D eigenvalue weighted by Crippen LogP contribution is 2.63. The molecule has 6 aromatic carbocycles. The second-order valence-corrected chi connectivity index (χ2v) is 34.0. The lowest BCUT2D eigenvalue weighted by Crippen LogP contribution is -2.51. The average molecular weight is 1420 g/mol. The molecule has 0 saturated heterocycles. The average Bonchev–Trinajstić information content (AvgIpc) is 0.716. The number of hydrogen-bond acceptors (Lipinski definition) is 8. The first-order chi connectivity index (χ1) is 52.9. The summed E-state index contributed by atoms with van der Waals surface area (Å²) in [5.74, 6) is 10.2. The van der Waals surface area contributed by atoms with Crippen molar-refractivity contribution in [3.05, 3.63) is 288 Å². The van der Waals surface area contributed by atoms with Crippen molar-refractivity contribution >= 4 is 0 Å². The monoisotopic (exact) mass is 1420 g/mol. The molecule has 108 heavy (non-hydrogen) atoms. The van der Waals surface area contributed by atoms with Gasteiger partial charge in [0.05, 0.1) is 34.2 Å². The molecule has 8 heteroatoms. The second-order valence-electron chi connectivity index (χ2n) is 34.0. The topological polar surface area (TPSA) is 103 Å². The largest absolute Gasteiger partial charge is 0.257 e. The number of pyridine rings is 5. The van der Waals surface area contributed by atoms with Crippen molar-refractivity contribution in [2.45, 2.75) is 192 Å². The molecule has 0 N–H and O–H groups in total. The van der Waals surface area contributed by atoms with E-state index >= 15 is 0 Å². The van der Waals surface area contributed by atoms with Crippen LogP contribution in [0, 0.1) is 63.2 Å². The van der Waals surface area contributed by atoms with Gasteiger partial charge < -0.3 is 0 Å². The van der Waals surface area contributed by atoms with Gasteiger partial charge in [-0.05, 0) is 260 Å². The molecule has 0 spiro atoms.